The highest BCUT2D eigenvalue weighted by atomic mass is 19.1. The molecule has 0 bridgehead atoms. The molecule has 0 saturated heterocycles. The summed E-state index contributed by atoms with van der Waals surface area (Å²) in [5.41, 5.74) is 5.72. The van der Waals surface area contributed by atoms with Gasteiger partial charge >= 0.3 is 5.97 Å². The number of rotatable bonds is 13. The molecule has 0 aliphatic carbocycles. The summed E-state index contributed by atoms with van der Waals surface area (Å²) in [4.78, 5) is 10.3. The molecule has 0 saturated carbocycles. The Kier molecular flexibility index (Phi) is 11.9. The van der Waals surface area contributed by atoms with Gasteiger partial charge in [0.2, 0.25) is 0 Å². The Morgan fingerprint density at radius 2 is 1.59 bits per heavy atom. The molecule has 0 aliphatic rings. The fourth-order valence-corrected chi connectivity index (χ4v) is 1.92. The van der Waals surface area contributed by atoms with Crippen molar-refractivity contribution >= 4 is 5.97 Å². The Morgan fingerprint density at radius 1 is 1.00 bits per heavy atom. The number of nitrogens with two attached hydrogens (primary N) is 1. The van der Waals surface area contributed by atoms with Crippen molar-refractivity contribution in [2.24, 2.45) is 5.73 Å². The number of allylic oxidation sites excluding steroid dienone is 6. The van der Waals surface area contributed by atoms with Gasteiger partial charge in [0, 0.05) is 0 Å². The van der Waals surface area contributed by atoms with E-state index in [1.807, 2.05) is 0 Å². The Hall–Kier alpha value is -2.78. The van der Waals surface area contributed by atoms with Gasteiger partial charge in [0.15, 0.2) is 0 Å². The van der Waals surface area contributed by atoms with Crippen LogP contribution in [0.4, 0.5) is 4.39 Å². The number of carbonyl (C=O) groups is 1. The fraction of sp³-hybridized carbons (Fsp3) is 0.286. The summed E-state index contributed by atoms with van der Waals surface area (Å²) in [7, 11) is 0. The summed E-state index contributed by atoms with van der Waals surface area (Å²) in [6, 6.07) is 4.84. The zero-order chi connectivity index (χ0) is 21.5. The number of benzene rings is 1. The van der Waals surface area contributed by atoms with E-state index in [2.05, 4.69) is 0 Å². The average molecular weight is 407 g/mol. The number of carboxylic acids is 1. The largest absolute Gasteiger partial charge is 0.491 e. The number of aliphatic hydroxyl groups is 2. The minimum Gasteiger partial charge on any atom is -0.491 e. The summed E-state index contributed by atoms with van der Waals surface area (Å²) in [5, 5.41) is 27.9. The molecule has 1 aromatic carbocycles. The lowest BCUT2D eigenvalue weighted by molar-refractivity contribution is -0.143. The Balaban J connectivity index is 2.24. The second-order valence-electron chi connectivity index (χ2n) is 5.93. The quantitative estimate of drug-likeness (QED) is 0.366. The maximum Gasteiger partial charge on any atom is 0.329 e. The van der Waals surface area contributed by atoms with E-state index in [4.69, 9.17) is 20.3 Å². The molecular formula is C21H26FNO6. The van der Waals surface area contributed by atoms with Gasteiger partial charge in [-0.2, -0.15) is 0 Å². The van der Waals surface area contributed by atoms with Gasteiger partial charge in [0.05, 0.1) is 18.8 Å². The van der Waals surface area contributed by atoms with E-state index in [9.17, 15) is 19.4 Å². The number of aliphatic hydroxyl groups excluding tert-OH is 2. The third-order valence-corrected chi connectivity index (χ3v) is 3.41. The van der Waals surface area contributed by atoms with Crippen LogP contribution in [0.5, 0.6) is 5.75 Å². The number of hydrogen-bond donors (Lipinski definition) is 4. The van der Waals surface area contributed by atoms with E-state index in [0.29, 0.717) is 5.75 Å². The second kappa shape index (κ2) is 14.3. The Bertz CT molecular complexity index is 714. The molecule has 3 atom stereocenters. The van der Waals surface area contributed by atoms with Crippen molar-refractivity contribution in [1.29, 1.82) is 0 Å². The summed E-state index contributed by atoms with van der Waals surface area (Å²) in [6.07, 6.45) is 11.5. The van der Waals surface area contributed by atoms with Crippen LogP contribution in [0.2, 0.25) is 0 Å². The zero-order valence-electron chi connectivity index (χ0n) is 15.8. The molecule has 0 aliphatic heterocycles. The van der Waals surface area contributed by atoms with E-state index in [1.165, 1.54) is 24.3 Å². The van der Waals surface area contributed by atoms with Gasteiger partial charge in [0.25, 0.3) is 0 Å². The number of halogens is 1. The van der Waals surface area contributed by atoms with E-state index < -0.39 is 30.8 Å². The van der Waals surface area contributed by atoms with Gasteiger partial charge in [-0.05, 0) is 24.3 Å². The molecule has 158 valence electrons. The van der Waals surface area contributed by atoms with Gasteiger partial charge in [-0.15, -0.1) is 0 Å². The van der Waals surface area contributed by atoms with Gasteiger partial charge in [-0.1, -0.05) is 48.6 Å². The van der Waals surface area contributed by atoms with E-state index in [1.54, 1.807) is 48.6 Å². The molecule has 5 N–H and O–H groups in total. The molecule has 1 aromatic rings. The minimum absolute atomic E-state index is 0.0466. The topological polar surface area (TPSA) is 122 Å². The monoisotopic (exact) mass is 407 g/mol. The molecule has 7 nitrogen and oxygen atoms in total. The molecular weight excluding hydrogens is 381 g/mol. The van der Waals surface area contributed by atoms with Crippen LogP contribution in [-0.4, -0.2) is 59.4 Å². The molecule has 0 aromatic heterocycles. The van der Waals surface area contributed by atoms with Gasteiger partial charge < -0.3 is 30.5 Å². The molecule has 0 radical (unpaired) electrons. The molecule has 0 fully saturated rings. The molecule has 8 heteroatoms. The van der Waals surface area contributed by atoms with Crippen molar-refractivity contribution in [3.63, 3.8) is 0 Å². The third kappa shape index (κ3) is 12.3. The van der Waals surface area contributed by atoms with Crippen LogP contribution in [0.15, 0.2) is 72.9 Å². The molecule has 0 unspecified atom stereocenters. The first-order valence-corrected chi connectivity index (χ1v) is 8.86. The SMILES string of the molecule is N[C@H](/C=C/C=C/C=C\C=C\[C@H](O)COc1ccc(F)cc1)[C@H](O)COCC(=O)O. The van der Waals surface area contributed by atoms with Crippen molar-refractivity contribution in [1.82, 2.24) is 0 Å². The predicted octanol–water partition coefficient (Wildman–Crippen LogP) is 1.58. The van der Waals surface area contributed by atoms with Crippen LogP contribution in [0, 0.1) is 5.82 Å². The van der Waals surface area contributed by atoms with Gasteiger partial charge in [0.1, 0.15) is 30.9 Å². The number of hydrogen-bond acceptors (Lipinski definition) is 6. The lowest BCUT2D eigenvalue weighted by Crippen LogP contribution is -2.36. The van der Waals surface area contributed by atoms with Gasteiger partial charge in [-0.25, -0.2) is 9.18 Å². The highest BCUT2D eigenvalue weighted by molar-refractivity contribution is 5.67. The van der Waals surface area contributed by atoms with Crippen molar-refractivity contribution in [3.8, 4) is 5.75 Å². The minimum atomic E-state index is -1.11. The van der Waals surface area contributed by atoms with Crippen LogP contribution in [0.25, 0.3) is 0 Å². The van der Waals surface area contributed by atoms with Crippen LogP contribution in [-0.2, 0) is 9.53 Å². The summed E-state index contributed by atoms with van der Waals surface area (Å²) in [5.74, 6) is -0.993. The smallest absolute Gasteiger partial charge is 0.329 e. The zero-order valence-corrected chi connectivity index (χ0v) is 15.8. The average Bonchev–Trinajstić information content (AvgIpc) is 2.69. The third-order valence-electron chi connectivity index (χ3n) is 3.41. The lowest BCUT2D eigenvalue weighted by Gasteiger charge is -2.14. The molecule has 1 rings (SSSR count). The highest BCUT2D eigenvalue weighted by Gasteiger charge is 2.12. The molecule has 0 amide bonds. The first kappa shape index (κ1) is 24.3. The van der Waals surface area contributed by atoms with Crippen molar-refractivity contribution in [2.75, 3.05) is 19.8 Å². The Labute approximate surface area is 168 Å². The maximum absolute atomic E-state index is 12.8. The fourth-order valence-electron chi connectivity index (χ4n) is 1.92. The second-order valence-corrected chi connectivity index (χ2v) is 5.93. The number of carboxylic acid groups (broad SMARTS) is 1. The van der Waals surface area contributed by atoms with Gasteiger partial charge in [-0.3, -0.25) is 0 Å². The standard InChI is InChI=1S/C21H26FNO6/c22-16-9-11-18(12-10-16)29-13-17(24)7-5-3-1-2-4-6-8-19(23)20(25)14-28-15-21(26)27/h1-12,17,19-20,24-25H,13-15,23H2,(H,26,27)/b3-1-,4-2+,7-5+,8-6+/t17-,19+,20+/m0/s1. The van der Waals surface area contributed by atoms with E-state index >= 15 is 0 Å². The number of aliphatic carboxylic acids is 1. The first-order chi connectivity index (χ1) is 13.9. The highest BCUT2D eigenvalue weighted by Crippen LogP contribution is 2.11. The number of ether oxygens (including phenoxy) is 2. The first-order valence-electron chi connectivity index (χ1n) is 8.86. The van der Waals surface area contributed by atoms with E-state index in [-0.39, 0.29) is 19.0 Å². The molecule has 0 spiro atoms. The molecule has 29 heavy (non-hydrogen) atoms. The summed E-state index contributed by atoms with van der Waals surface area (Å²) in [6.45, 7) is -0.608. The van der Waals surface area contributed by atoms with Crippen molar-refractivity contribution in [2.45, 2.75) is 18.2 Å². The van der Waals surface area contributed by atoms with Crippen molar-refractivity contribution in [3.05, 3.63) is 78.7 Å². The normalized spacial score (nSPS) is 15.4. The van der Waals surface area contributed by atoms with E-state index in [0.717, 1.165) is 0 Å². The van der Waals surface area contributed by atoms with Crippen molar-refractivity contribution < 1.29 is 34.0 Å². The predicted molar refractivity (Wildman–Crippen MR) is 107 cm³/mol. The van der Waals surface area contributed by atoms with Crippen LogP contribution in [0.3, 0.4) is 0 Å². The lowest BCUT2D eigenvalue weighted by atomic mass is 10.1. The van der Waals surface area contributed by atoms with Crippen LogP contribution in [0.1, 0.15) is 0 Å². The Morgan fingerprint density at radius 3 is 2.21 bits per heavy atom. The maximum atomic E-state index is 12.8. The van der Waals surface area contributed by atoms with Crippen LogP contribution >= 0.6 is 0 Å². The summed E-state index contributed by atoms with van der Waals surface area (Å²) >= 11 is 0. The van der Waals surface area contributed by atoms with Crippen LogP contribution < -0.4 is 10.5 Å². The summed E-state index contributed by atoms with van der Waals surface area (Å²) < 4.78 is 22.9. The molecule has 0 heterocycles.